The summed E-state index contributed by atoms with van der Waals surface area (Å²) in [5.74, 6) is 1.34. The second kappa shape index (κ2) is 6.53. The van der Waals surface area contributed by atoms with Crippen LogP contribution in [0.5, 0.6) is 0 Å². The Labute approximate surface area is 106 Å². The Balaban J connectivity index is 1.76. The van der Waals surface area contributed by atoms with E-state index in [2.05, 4.69) is 12.2 Å². The highest BCUT2D eigenvalue weighted by molar-refractivity contribution is 5.84. The minimum Gasteiger partial charge on any atom is -0.304 e. The third-order valence-corrected chi connectivity index (χ3v) is 4.57. The molecule has 2 heteroatoms. The van der Waals surface area contributed by atoms with Gasteiger partial charge < -0.3 is 5.32 Å². The van der Waals surface area contributed by atoms with E-state index in [1.807, 2.05) is 0 Å². The largest absolute Gasteiger partial charge is 0.304 e. The van der Waals surface area contributed by atoms with Crippen LogP contribution in [0, 0.1) is 5.92 Å². The van der Waals surface area contributed by atoms with Gasteiger partial charge in [0, 0.05) is 12.5 Å². The number of carbonyl (C=O) groups is 1. The zero-order valence-corrected chi connectivity index (χ0v) is 11.2. The molecule has 0 radical (unpaired) electrons. The molecule has 0 aromatic rings. The number of hydrogen-bond donors (Lipinski definition) is 1. The smallest absolute Gasteiger partial charge is 0.149 e. The first-order chi connectivity index (χ1) is 8.31. The number of hydrogen-bond acceptors (Lipinski definition) is 2. The minimum atomic E-state index is 0.186. The van der Waals surface area contributed by atoms with Crippen LogP contribution < -0.4 is 5.32 Å². The molecule has 0 aromatic carbocycles. The maximum absolute atomic E-state index is 12.1. The second-order valence-corrected chi connectivity index (χ2v) is 5.87. The number of ketones is 1. The lowest BCUT2D eigenvalue weighted by atomic mass is 9.77. The molecule has 0 amide bonds. The predicted molar refractivity (Wildman–Crippen MR) is 71.1 cm³/mol. The molecule has 0 aromatic heterocycles. The molecule has 1 N–H and O–H groups in total. The van der Waals surface area contributed by atoms with E-state index in [1.54, 1.807) is 0 Å². The fraction of sp³-hybridized carbons (Fsp3) is 0.933. The van der Waals surface area contributed by atoms with E-state index in [-0.39, 0.29) is 6.04 Å². The van der Waals surface area contributed by atoms with Crippen molar-refractivity contribution in [1.82, 2.24) is 5.32 Å². The highest BCUT2D eigenvalue weighted by Gasteiger charge is 2.33. The Hall–Kier alpha value is -0.370. The first-order valence-corrected chi connectivity index (χ1v) is 7.60. The van der Waals surface area contributed by atoms with E-state index < -0.39 is 0 Å². The number of nitrogens with one attached hydrogen (secondary N) is 1. The summed E-state index contributed by atoms with van der Waals surface area (Å²) in [7, 11) is 0. The molecule has 1 saturated carbocycles. The fourth-order valence-corrected chi connectivity index (χ4v) is 3.47. The lowest BCUT2D eigenvalue weighted by Crippen LogP contribution is -2.51. The van der Waals surface area contributed by atoms with Gasteiger partial charge in [-0.2, -0.15) is 0 Å². The summed E-state index contributed by atoms with van der Waals surface area (Å²) < 4.78 is 0. The maximum Gasteiger partial charge on any atom is 0.149 e. The van der Waals surface area contributed by atoms with Crippen molar-refractivity contribution in [3.8, 4) is 0 Å². The highest BCUT2D eigenvalue weighted by Crippen LogP contribution is 2.32. The van der Waals surface area contributed by atoms with Crippen LogP contribution in [-0.4, -0.2) is 17.9 Å². The molecule has 3 unspecified atom stereocenters. The number of unbranched alkanes of at least 4 members (excludes halogenated alkanes) is 2. The van der Waals surface area contributed by atoms with Crippen LogP contribution in [0.2, 0.25) is 0 Å². The molecule has 98 valence electrons. The van der Waals surface area contributed by atoms with Gasteiger partial charge in [0.25, 0.3) is 0 Å². The van der Waals surface area contributed by atoms with E-state index >= 15 is 0 Å². The number of carbonyl (C=O) groups excluding carboxylic acids is 1. The quantitative estimate of drug-likeness (QED) is 0.742. The molecule has 2 rings (SSSR count). The molecule has 1 saturated heterocycles. The molecule has 0 spiro atoms. The number of fused-ring (bicyclic) bond motifs is 1. The summed E-state index contributed by atoms with van der Waals surface area (Å²) in [5, 5.41) is 3.63. The van der Waals surface area contributed by atoms with Crippen molar-refractivity contribution >= 4 is 5.78 Å². The van der Waals surface area contributed by atoms with Crippen LogP contribution in [0.15, 0.2) is 0 Å². The Morgan fingerprint density at radius 1 is 1.12 bits per heavy atom. The van der Waals surface area contributed by atoms with Crippen molar-refractivity contribution in [3.63, 3.8) is 0 Å². The Kier molecular flexibility index (Phi) is 5.02. The normalized spacial score (nSPS) is 33.1. The van der Waals surface area contributed by atoms with Gasteiger partial charge in [-0.1, -0.05) is 32.6 Å². The summed E-state index contributed by atoms with van der Waals surface area (Å²) >= 11 is 0. The van der Waals surface area contributed by atoms with Gasteiger partial charge in [0.1, 0.15) is 5.78 Å². The van der Waals surface area contributed by atoms with Crippen molar-refractivity contribution in [2.24, 2.45) is 5.92 Å². The maximum atomic E-state index is 12.1. The fourth-order valence-electron chi connectivity index (χ4n) is 3.47. The van der Waals surface area contributed by atoms with Crippen LogP contribution in [-0.2, 0) is 4.79 Å². The average molecular weight is 237 g/mol. The van der Waals surface area contributed by atoms with Crippen molar-refractivity contribution in [2.75, 3.05) is 0 Å². The molecule has 3 atom stereocenters. The second-order valence-electron chi connectivity index (χ2n) is 5.87. The SMILES string of the molecule is CCCCCC(=O)C1CCC2CCCCC2N1. The van der Waals surface area contributed by atoms with E-state index in [1.165, 1.54) is 44.9 Å². The lowest BCUT2D eigenvalue weighted by molar-refractivity contribution is -0.122. The molecule has 1 heterocycles. The van der Waals surface area contributed by atoms with Gasteiger partial charge in [0.15, 0.2) is 0 Å². The number of rotatable bonds is 5. The summed E-state index contributed by atoms with van der Waals surface area (Å²) in [4.78, 5) is 12.1. The molecule has 0 bridgehead atoms. The number of piperidine rings is 1. The third kappa shape index (κ3) is 3.54. The van der Waals surface area contributed by atoms with Gasteiger partial charge in [-0.3, -0.25) is 4.79 Å². The standard InChI is InChI=1S/C15H27NO/c1-2-3-4-9-15(17)14-11-10-12-7-5-6-8-13(12)16-14/h12-14,16H,2-11H2,1H3. The van der Waals surface area contributed by atoms with Crippen LogP contribution in [0.3, 0.4) is 0 Å². The molecule has 17 heavy (non-hydrogen) atoms. The van der Waals surface area contributed by atoms with Crippen LogP contribution in [0.4, 0.5) is 0 Å². The molecular weight excluding hydrogens is 210 g/mol. The number of Topliss-reactive ketones (excluding diaryl/α,β-unsaturated/α-hetero) is 1. The summed E-state index contributed by atoms with van der Waals surface area (Å²) in [5.41, 5.74) is 0. The molecule has 1 aliphatic heterocycles. The lowest BCUT2D eigenvalue weighted by Gasteiger charge is -2.40. The van der Waals surface area contributed by atoms with Crippen LogP contribution >= 0.6 is 0 Å². The molecule has 1 aliphatic carbocycles. The van der Waals surface area contributed by atoms with E-state index in [0.717, 1.165) is 25.2 Å². The van der Waals surface area contributed by atoms with E-state index in [0.29, 0.717) is 11.8 Å². The predicted octanol–water partition coefficient (Wildman–Crippen LogP) is 3.45. The summed E-state index contributed by atoms with van der Waals surface area (Å²) in [6.07, 6.45) is 12.1. The summed E-state index contributed by atoms with van der Waals surface area (Å²) in [6.45, 7) is 2.19. The Morgan fingerprint density at radius 3 is 2.76 bits per heavy atom. The Morgan fingerprint density at radius 2 is 1.94 bits per heavy atom. The zero-order chi connectivity index (χ0) is 12.1. The van der Waals surface area contributed by atoms with Crippen molar-refractivity contribution in [2.45, 2.75) is 83.2 Å². The molecule has 2 aliphatic rings. The van der Waals surface area contributed by atoms with Gasteiger partial charge in [0.05, 0.1) is 6.04 Å². The van der Waals surface area contributed by atoms with Gasteiger partial charge in [0.2, 0.25) is 0 Å². The van der Waals surface area contributed by atoms with Crippen molar-refractivity contribution in [3.05, 3.63) is 0 Å². The van der Waals surface area contributed by atoms with Gasteiger partial charge in [-0.05, 0) is 38.0 Å². The molecular formula is C15H27NO. The van der Waals surface area contributed by atoms with E-state index in [4.69, 9.17) is 0 Å². The minimum absolute atomic E-state index is 0.186. The monoisotopic (exact) mass is 237 g/mol. The van der Waals surface area contributed by atoms with Gasteiger partial charge in [-0.25, -0.2) is 0 Å². The average Bonchev–Trinajstić information content (AvgIpc) is 2.38. The summed E-state index contributed by atoms with van der Waals surface area (Å²) in [6, 6.07) is 0.837. The third-order valence-electron chi connectivity index (χ3n) is 4.57. The highest BCUT2D eigenvalue weighted by atomic mass is 16.1. The van der Waals surface area contributed by atoms with Crippen molar-refractivity contribution in [1.29, 1.82) is 0 Å². The van der Waals surface area contributed by atoms with Gasteiger partial charge in [-0.15, -0.1) is 0 Å². The van der Waals surface area contributed by atoms with E-state index in [9.17, 15) is 4.79 Å². The zero-order valence-electron chi connectivity index (χ0n) is 11.2. The topological polar surface area (TPSA) is 29.1 Å². The first kappa shape index (κ1) is 13.1. The van der Waals surface area contributed by atoms with Gasteiger partial charge >= 0.3 is 0 Å². The Bertz CT molecular complexity index is 251. The van der Waals surface area contributed by atoms with Crippen molar-refractivity contribution < 1.29 is 4.79 Å². The first-order valence-electron chi connectivity index (χ1n) is 7.60. The molecule has 2 fully saturated rings. The molecule has 2 nitrogen and oxygen atoms in total. The van der Waals surface area contributed by atoms with Crippen LogP contribution in [0.25, 0.3) is 0 Å². The van der Waals surface area contributed by atoms with Crippen LogP contribution in [0.1, 0.15) is 71.1 Å².